The van der Waals surface area contributed by atoms with Crippen LogP contribution in [0, 0.1) is 0 Å². The number of halogens is 1. The predicted molar refractivity (Wildman–Crippen MR) is 115 cm³/mol. The molecule has 1 saturated heterocycles. The highest BCUT2D eigenvalue weighted by Gasteiger charge is 2.47. The molecular formula is C23H16BrNO5. The Bertz CT molecular complexity index is 1170. The van der Waals surface area contributed by atoms with Crippen LogP contribution in [-0.2, 0) is 9.59 Å². The minimum Gasteiger partial charge on any atom is -0.508 e. The van der Waals surface area contributed by atoms with Crippen LogP contribution in [-0.4, -0.2) is 27.0 Å². The maximum atomic E-state index is 13.0. The number of carbonyl (C=O) groups is 2. The summed E-state index contributed by atoms with van der Waals surface area (Å²) in [7, 11) is 0. The van der Waals surface area contributed by atoms with E-state index in [1.807, 2.05) is 0 Å². The summed E-state index contributed by atoms with van der Waals surface area (Å²) in [5.74, 6) is -2.21. The van der Waals surface area contributed by atoms with Gasteiger partial charge in [-0.25, -0.2) is 0 Å². The number of benzene rings is 3. The van der Waals surface area contributed by atoms with Crippen LogP contribution in [0.5, 0.6) is 11.5 Å². The van der Waals surface area contributed by atoms with Crippen molar-refractivity contribution >= 4 is 39.1 Å². The molecule has 0 aliphatic carbocycles. The number of aromatic hydroxyl groups is 2. The third-order valence-corrected chi connectivity index (χ3v) is 5.44. The molecule has 3 aromatic rings. The number of phenolic OH excluding ortho intramolecular Hbond substituents is 2. The minimum absolute atomic E-state index is 0.0196. The Balaban J connectivity index is 1.96. The normalized spacial score (nSPS) is 18.0. The van der Waals surface area contributed by atoms with Gasteiger partial charge in [-0.3, -0.25) is 14.5 Å². The monoisotopic (exact) mass is 465 g/mol. The van der Waals surface area contributed by atoms with E-state index in [2.05, 4.69) is 15.9 Å². The molecule has 6 nitrogen and oxygen atoms in total. The van der Waals surface area contributed by atoms with E-state index in [1.54, 1.807) is 48.5 Å². The van der Waals surface area contributed by atoms with E-state index < -0.39 is 17.7 Å². The molecule has 1 fully saturated rings. The van der Waals surface area contributed by atoms with E-state index in [-0.39, 0.29) is 28.5 Å². The molecule has 0 bridgehead atoms. The number of Topliss-reactive ketones (excluding diaryl/α,β-unsaturated/α-hetero) is 1. The molecule has 150 valence electrons. The molecule has 3 N–H and O–H groups in total. The van der Waals surface area contributed by atoms with Crippen molar-refractivity contribution < 1.29 is 24.9 Å². The Hall–Kier alpha value is -3.58. The van der Waals surface area contributed by atoms with Gasteiger partial charge >= 0.3 is 0 Å². The summed E-state index contributed by atoms with van der Waals surface area (Å²) < 4.78 is 0.795. The molecule has 30 heavy (non-hydrogen) atoms. The van der Waals surface area contributed by atoms with Crippen molar-refractivity contribution in [2.45, 2.75) is 6.04 Å². The highest BCUT2D eigenvalue weighted by atomic mass is 79.9. The Morgan fingerprint density at radius 2 is 1.50 bits per heavy atom. The van der Waals surface area contributed by atoms with E-state index in [1.165, 1.54) is 24.3 Å². The first-order valence-corrected chi connectivity index (χ1v) is 9.81. The summed E-state index contributed by atoms with van der Waals surface area (Å²) in [6.07, 6.45) is 0. The summed E-state index contributed by atoms with van der Waals surface area (Å²) in [6.45, 7) is 0. The highest BCUT2D eigenvalue weighted by molar-refractivity contribution is 9.10. The number of hydrogen-bond donors (Lipinski definition) is 3. The standard InChI is InChI=1S/C23H16BrNO5/c24-15-9-5-14(6-10-15)21(28)19-20(13-7-11-16(26)12-8-13)25(23(30)22(19)29)17-3-1-2-4-18(17)27/h1-12,20,26-28H/b21-19+. The number of rotatable bonds is 3. The van der Waals surface area contributed by atoms with Crippen molar-refractivity contribution in [3.63, 3.8) is 0 Å². The van der Waals surface area contributed by atoms with Crippen LogP contribution < -0.4 is 4.90 Å². The first-order chi connectivity index (χ1) is 14.4. The molecule has 7 heteroatoms. The molecular weight excluding hydrogens is 450 g/mol. The molecule has 1 aliphatic heterocycles. The second-order valence-corrected chi connectivity index (χ2v) is 7.67. The maximum absolute atomic E-state index is 13.0. The Morgan fingerprint density at radius 3 is 2.13 bits per heavy atom. The lowest BCUT2D eigenvalue weighted by atomic mass is 9.95. The van der Waals surface area contributed by atoms with Crippen LogP contribution in [0.25, 0.3) is 5.76 Å². The lowest BCUT2D eigenvalue weighted by molar-refractivity contribution is -0.132. The fraction of sp³-hybridized carbons (Fsp3) is 0.0435. The van der Waals surface area contributed by atoms with Gasteiger partial charge in [-0.1, -0.05) is 52.3 Å². The fourth-order valence-electron chi connectivity index (χ4n) is 3.48. The molecule has 0 aromatic heterocycles. The number of phenols is 2. The Labute approximate surface area is 180 Å². The number of amides is 1. The molecule has 1 atom stereocenters. The van der Waals surface area contributed by atoms with E-state index in [4.69, 9.17) is 0 Å². The fourth-order valence-corrected chi connectivity index (χ4v) is 3.75. The van der Waals surface area contributed by atoms with Crippen LogP contribution >= 0.6 is 15.9 Å². The van der Waals surface area contributed by atoms with Gasteiger partial charge in [0.05, 0.1) is 17.3 Å². The summed E-state index contributed by atoms with van der Waals surface area (Å²) in [5.41, 5.74) is 0.912. The maximum Gasteiger partial charge on any atom is 0.300 e. The zero-order valence-corrected chi connectivity index (χ0v) is 17.1. The van der Waals surface area contributed by atoms with Crippen molar-refractivity contribution in [1.29, 1.82) is 0 Å². The average Bonchev–Trinajstić information content (AvgIpc) is 3.00. The van der Waals surface area contributed by atoms with Gasteiger partial charge in [-0.2, -0.15) is 0 Å². The second kappa shape index (κ2) is 7.68. The molecule has 1 aliphatic rings. The molecule has 4 rings (SSSR count). The zero-order chi connectivity index (χ0) is 21.4. The molecule has 1 amide bonds. The summed E-state index contributed by atoms with van der Waals surface area (Å²) in [6, 6.07) is 17.9. The van der Waals surface area contributed by atoms with Crippen molar-refractivity contribution in [3.05, 3.63) is 94.0 Å². The van der Waals surface area contributed by atoms with Gasteiger partial charge < -0.3 is 15.3 Å². The smallest absolute Gasteiger partial charge is 0.300 e. The SMILES string of the molecule is O=C1C(=O)N(c2ccccc2O)C(c2ccc(O)cc2)/C1=C(\O)c1ccc(Br)cc1. The van der Waals surface area contributed by atoms with Crippen LogP contribution in [0.1, 0.15) is 17.2 Å². The highest BCUT2D eigenvalue weighted by Crippen LogP contribution is 2.44. The van der Waals surface area contributed by atoms with Crippen LogP contribution in [0.2, 0.25) is 0 Å². The van der Waals surface area contributed by atoms with Crippen LogP contribution in [0.4, 0.5) is 5.69 Å². The Kier molecular flexibility index (Phi) is 5.05. The second-order valence-electron chi connectivity index (χ2n) is 6.76. The third-order valence-electron chi connectivity index (χ3n) is 4.91. The van der Waals surface area contributed by atoms with E-state index in [0.717, 1.165) is 9.37 Å². The van der Waals surface area contributed by atoms with Gasteiger partial charge in [0.25, 0.3) is 11.7 Å². The van der Waals surface area contributed by atoms with Crippen molar-refractivity contribution in [1.82, 2.24) is 0 Å². The summed E-state index contributed by atoms with van der Waals surface area (Å²) >= 11 is 3.32. The number of carbonyl (C=O) groups excluding carboxylic acids is 2. The molecule has 3 aromatic carbocycles. The van der Waals surface area contributed by atoms with Crippen molar-refractivity contribution in [2.75, 3.05) is 4.90 Å². The minimum atomic E-state index is -0.984. The lowest BCUT2D eigenvalue weighted by Gasteiger charge is -2.26. The predicted octanol–water partition coefficient (Wildman–Crippen LogP) is 4.49. The lowest BCUT2D eigenvalue weighted by Crippen LogP contribution is -2.29. The molecule has 1 unspecified atom stereocenters. The van der Waals surface area contributed by atoms with Gasteiger partial charge in [0.1, 0.15) is 17.3 Å². The van der Waals surface area contributed by atoms with Crippen LogP contribution in [0.15, 0.2) is 82.8 Å². The van der Waals surface area contributed by atoms with Gasteiger partial charge in [0.15, 0.2) is 0 Å². The number of ketones is 1. The molecule has 0 spiro atoms. The van der Waals surface area contributed by atoms with Crippen LogP contribution in [0.3, 0.4) is 0 Å². The van der Waals surface area contributed by atoms with Gasteiger partial charge in [0, 0.05) is 10.0 Å². The van der Waals surface area contributed by atoms with E-state index in [0.29, 0.717) is 11.1 Å². The van der Waals surface area contributed by atoms with Gasteiger partial charge in [0.2, 0.25) is 0 Å². The average molecular weight is 466 g/mol. The van der Waals surface area contributed by atoms with Crippen molar-refractivity contribution in [3.8, 4) is 11.5 Å². The topological polar surface area (TPSA) is 98.1 Å². The number of anilines is 1. The zero-order valence-electron chi connectivity index (χ0n) is 15.5. The first kappa shape index (κ1) is 19.7. The Morgan fingerprint density at radius 1 is 0.867 bits per heavy atom. The first-order valence-electron chi connectivity index (χ1n) is 9.02. The summed E-state index contributed by atoms with van der Waals surface area (Å²) in [4.78, 5) is 27.1. The number of aliphatic hydroxyl groups is 1. The molecule has 0 radical (unpaired) electrons. The van der Waals surface area contributed by atoms with E-state index >= 15 is 0 Å². The third kappa shape index (κ3) is 3.33. The van der Waals surface area contributed by atoms with Crippen molar-refractivity contribution in [2.24, 2.45) is 0 Å². The molecule has 1 heterocycles. The number of hydrogen-bond acceptors (Lipinski definition) is 5. The largest absolute Gasteiger partial charge is 0.508 e. The molecule has 0 saturated carbocycles. The number of para-hydroxylation sites is 2. The van der Waals surface area contributed by atoms with Gasteiger partial charge in [-0.05, 0) is 42.0 Å². The van der Waals surface area contributed by atoms with E-state index in [9.17, 15) is 24.9 Å². The quantitative estimate of drug-likeness (QED) is 0.300. The number of nitrogens with zero attached hydrogens (tertiary/aromatic N) is 1. The summed E-state index contributed by atoms with van der Waals surface area (Å²) in [5, 5.41) is 31.0. The van der Waals surface area contributed by atoms with Gasteiger partial charge in [-0.15, -0.1) is 0 Å². The number of aliphatic hydroxyl groups excluding tert-OH is 1.